The molecule has 3 aliphatic rings. The maximum atomic E-state index is 12.5. The van der Waals surface area contributed by atoms with Gasteiger partial charge in [0.1, 0.15) is 0 Å². The van der Waals surface area contributed by atoms with Crippen LogP contribution in [0.4, 0.5) is 4.79 Å². The van der Waals surface area contributed by atoms with Gasteiger partial charge in [-0.05, 0) is 55.0 Å². The number of allylic oxidation sites excluding steroid dienone is 2. The minimum atomic E-state index is -0.843. The zero-order valence-electron chi connectivity index (χ0n) is 16.3. The zero-order chi connectivity index (χ0) is 21.3. The largest absolute Gasteiger partial charge is 0.465 e. The number of nitrogens with one attached hydrogen (secondary N) is 1. The number of rotatable bonds is 5. The van der Waals surface area contributed by atoms with E-state index in [0.29, 0.717) is 40.5 Å². The Morgan fingerprint density at radius 1 is 1.23 bits per heavy atom. The maximum absolute atomic E-state index is 12.5. The fraction of sp³-hybridized carbons (Fsp3) is 0.381. The van der Waals surface area contributed by atoms with Gasteiger partial charge in [0.15, 0.2) is 0 Å². The Balaban J connectivity index is 1.38. The van der Waals surface area contributed by atoms with E-state index in [2.05, 4.69) is 10.2 Å². The average molecular weight is 448 g/mol. The molecule has 0 aromatic carbocycles. The van der Waals surface area contributed by atoms with Crippen molar-refractivity contribution < 1.29 is 19.5 Å². The molecule has 0 bridgehead atoms. The van der Waals surface area contributed by atoms with Crippen molar-refractivity contribution in [1.29, 1.82) is 0 Å². The molecule has 9 heteroatoms. The number of nitrogens with zero attached hydrogens (tertiary/aromatic N) is 2. The summed E-state index contributed by atoms with van der Waals surface area (Å²) in [6.07, 6.45) is 7.18. The molecule has 158 valence electrons. The molecule has 0 saturated carbocycles. The Morgan fingerprint density at radius 3 is 2.67 bits per heavy atom. The first kappa shape index (κ1) is 20.7. The molecule has 1 aromatic rings. The van der Waals surface area contributed by atoms with Gasteiger partial charge in [0, 0.05) is 38.0 Å². The van der Waals surface area contributed by atoms with E-state index in [1.165, 1.54) is 22.3 Å². The molecule has 1 fully saturated rings. The van der Waals surface area contributed by atoms with E-state index in [0.717, 1.165) is 37.0 Å². The molecule has 1 saturated heterocycles. The highest BCUT2D eigenvalue weighted by atomic mass is 35.5. The quantitative estimate of drug-likeness (QED) is 0.721. The minimum absolute atomic E-state index is 0.207. The number of amides is 2. The van der Waals surface area contributed by atoms with Gasteiger partial charge in [0.05, 0.1) is 14.9 Å². The van der Waals surface area contributed by atoms with Crippen molar-refractivity contribution in [1.82, 2.24) is 15.1 Å². The molecule has 3 heterocycles. The van der Waals surface area contributed by atoms with Gasteiger partial charge in [-0.15, -0.1) is 11.3 Å². The minimum Gasteiger partial charge on any atom is -0.465 e. The number of fused-ring (bicyclic) bond motifs is 1. The summed E-state index contributed by atoms with van der Waals surface area (Å²) < 4.78 is 0.523. The van der Waals surface area contributed by atoms with E-state index in [4.69, 9.17) is 16.7 Å². The second-order valence-corrected chi connectivity index (χ2v) is 9.38. The Labute approximate surface area is 183 Å². The predicted molar refractivity (Wildman–Crippen MR) is 115 cm³/mol. The van der Waals surface area contributed by atoms with Crippen LogP contribution >= 0.6 is 22.9 Å². The molecule has 7 nitrogen and oxygen atoms in total. The first-order valence-corrected chi connectivity index (χ1v) is 11.1. The lowest BCUT2D eigenvalue weighted by Crippen LogP contribution is -2.38. The van der Waals surface area contributed by atoms with Crippen molar-refractivity contribution >= 4 is 40.7 Å². The van der Waals surface area contributed by atoms with Gasteiger partial charge in [-0.1, -0.05) is 11.6 Å². The molecule has 4 rings (SSSR count). The monoisotopic (exact) mass is 447 g/mol. The number of ketones is 1. The van der Waals surface area contributed by atoms with Crippen LogP contribution in [-0.4, -0.2) is 58.9 Å². The van der Waals surface area contributed by atoms with Crippen LogP contribution in [0.3, 0.4) is 0 Å². The van der Waals surface area contributed by atoms with Gasteiger partial charge in [0.2, 0.25) is 5.78 Å². The van der Waals surface area contributed by atoms with E-state index >= 15 is 0 Å². The topological polar surface area (TPSA) is 90.0 Å². The Hall–Kier alpha value is -2.58. The molecule has 2 N–H and O–H groups in total. The third-order valence-corrected chi connectivity index (χ3v) is 6.97. The summed E-state index contributed by atoms with van der Waals surface area (Å²) >= 11 is 7.08. The van der Waals surface area contributed by atoms with E-state index in [9.17, 15) is 14.4 Å². The highest BCUT2D eigenvalue weighted by Gasteiger charge is 2.29. The van der Waals surface area contributed by atoms with Crippen LogP contribution in [0.5, 0.6) is 0 Å². The number of carboxylic acid groups (broad SMARTS) is 1. The lowest BCUT2D eigenvalue weighted by Gasteiger charge is -2.30. The molecule has 2 amide bonds. The lowest BCUT2D eigenvalue weighted by atomic mass is 9.93. The summed E-state index contributed by atoms with van der Waals surface area (Å²) in [5, 5.41) is 11.8. The second-order valence-electron chi connectivity index (χ2n) is 7.67. The van der Waals surface area contributed by atoms with E-state index < -0.39 is 6.09 Å². The molecule has 0 radical (unpaired) electrons. The van der Waals surface area contributed by atoms with Crippen LogP contribution in [0.25, 0.3) is 0 Å². The second kappa shape index (κ2) is 8.65. The molecule has 30 heavy (non-hydrogen) atoms. The number of piperidine rings is 1. The van der Waals surface area contributed by atoms with Crippen LogP contribution in [0.15, 0.2) is 47.3 Å². The predicted octanol–water partition coefficient (Wildman–Crippen LogP) is 3.50. The van der Waals surface area contributed by atoms with E-state index in [-0.39, 0.29) is 11.7 Å². The Bertz CT molecular complexity index is 973. The summed E-state index contributed by atoms with van der Waals surface area (Å²) in [7, 11) is 0. The van der Waals surface area contributed by atoms with Crippen molar-refractivity contribution in [2.45, 2.75) is 19.3 Å². The number of hydrogen-bond donors (Lipinski definition) is 2. The number of likely N-dealkylation sites (tertiary alicyclic amines) is 1. The molecule has 0 unspecified atom stereocenters. The normalized spacial score (nSPS) is 19.2. The molecular formula is C21H22ClN3O4S. The summed E-state index contributed by atoms with van der Waals surface area (Å²) in [4.78, 5) is 40.1. The fourth-order valence-corrected chi connectivity index (χ4v) is 4.97. The van der Waals surface area contributed by atoms with Crippen molar-refractivity contribution in [3.63, 3.8) is 0 Å². The van der Waals surface area contributed by atoms with Crippen LogP contribution < -0.4 is 5.32 Å². The lowest BCUT2D eigenvalue weighted by molar-refractivity contribution is -0.111. The van der Waals surface area contributed by atoms with Crippen LogP contribution in [0.2, 0.25) is 4.34 Å². The average Bonchev–Trinajstić information content (AvgIpc) is 3.35. The van der Waals surface area contributed by atoms with Gasteiger partial charge in [0.25, 0.3) is 5.91 Å². The van der Waals surface area contributed by atoms with Crippen molar-refractivity contribution in [2.24, 2.45) is 5.92 Å². The first-order chi connectivity index (χ1) is 14.4. The van der Waals surface area contributed by atoms with Gasteiger partial charge in [-0.2, -0.15) is 0 Å². The highest BCUT2D eigenvalue weighted by molar-refractivity contribution is 7.18. The summed E-state index contributed by atoms with van der Waals surface area (Å²) in [5.41, 5.74) is 2.10. The van der Waals surface area contributed by atoms with Gasteiger partial charge in [-0.25, -0.2) is 4.79 Å². The first-order valence-electron chi connectivity index (χ1n) is 9.87. The van der Waals surface area contributed by atoms with Gasteiger partial charge < -0.3 is 20.2 Å². The van der Waals surface area contributed by atoms with Gasteiger partial charge in [-0.3, -0.25) is 9.59 Å². The van der Waals surface area contributed by atoms with Crippen molar-refractivity contribution in [3.8, 4) is 0 Å². The number of carbonyl (C=O) groups excluding carboxylic acids is 2. The summed E-state index contributed by atoms with van der Waals surface area (Å²) in [5.74, 6) is -0.0439. The van der Waals surface area contributed by atoms with E-state index in [1.807, 2.05) is 6.20 Å². The summed E-state index contributed by atoms with van der Waals surface area (Å²) in [6, 6.07) is 3.30. The van der Waals surface area contributed by atoms with Crippen molar-refractivity contribution in [2.75, 3.05) is 26.2 Å². The fourth-order valence-electron chi connectivity index (χ4n) is 4.03. The number of carbonyl (C=O) groups is 3. The van der Waals surface area contributed by atoms with Crippen LogP contribution in [-0.2, 0) is 4.79 Å². The smallest absolute Gasteiger partial charge is 0.407 e. The van der Waals surface area contributed by atoms with Crippen molar-refractivity contribution in [3.05, 3.63) is 56.5 Å². The molecular weight excluding hydrogens is 426 g/mol. The Kier molecular flexibility index (Phi) is 5.97. The van der Waals surface area contributed by atoms with E-state index in [1.54, 1.807) is 18.2 Å². The van der Waals surface area contributed by atoms with Gasteiger partial charge >= 0.3 is 6.09 Å². The third-order valence-electron chi connectivity index (χ3n) is 5.74. The molecule has 0 spiro atoms. The number of thiophene rings is 1. The SMILES string of the molecule is O=C1C=CC2=CN(CCC3CCN(C(=O)O)CC3)CC2=C1NC(=O)c1ccc(Cl)s1. The molecule has 1 aromatic heterocycles. The zero-order valence-corrected chi connectivity index (χ0v) is 17.8. The molecule has 1 aliphatic carbocycles. The molecule has 0 atom stereocenters. The maximum Gasteiger partial charge on any atom is 0.407 e. The standard InChI is InChI=1S/C21H22ClN3O4S/c22-18-4-3-17(30-18)20(27)23-19-15-12-24(11-14(15)1-2-16(19)26)8-5-13-6-9-25(10-7-13)21(28)29/h1-4,11,13H,5-10,12H2,(H,23,27)(H,28,29). The number of hydrogen-bond acceptors (Lipinski definition) is 5. The van der Waals surface area contributed by atoms with Crippen LogP contribution in [0.1, 0.15) is 28.9 Å². The Morgan fingerprint density at radius 2 is 2.00 bits per heavy atom. The summed E-state index contributed by atoms with van der Waals surface area (Å²) in [6.45, 7) is 2.58. The molecule has 2 aliphatic heterocycles. The number of halogens is 1. The third kappa shape index (κ3) is 4.44. The van der Waals surface area contributed by atoms with Crippen LogP contribution in [0, 0.1) is 5.92 Å². The highest BCUT2D eigenvalue weighted by Crippen LogP contribution is 2.30.